The Labute approximate surface area is 208 Å². The van der Waals surface area contributed by atoms with E-state index in [9.17, 15) is 13.2 Å². The van der Waals surface area contributed by atoms with Crippen LogP contribution in [0.1, 0.15) is 11.3 Å². The van der Waals surface area contributed by atoms with Crippen LogP contribution in [0.15, 0.2) is 84.9 Å². The smallest absolute Gasteiger partial charge is 0.433 e. The van der Waals surface area contributed by atoms with Crippen molar-refractivity contribution >= 4 is 28.8 Å². The van der Waals surface area contributed by atoms with Crippen LogP contribution in [0.5, 0.6) is 5.75 Å². The molecule has 4 nitrogen and oxygen atoms in total. The Bertz CT molecular complexity index is 1480. The Morgan fingerprint density at radius 2 is 1.31 bits per heavy atom. The first-order valence-electron chi connectivity index (χ1n) is 10.5. The Morgan fingerprint density at radius 3 is 1.94 bits per heavy atom. The first-order valence-corrected chi connectivity index (χ1v) is 11.2. The van der Waals surface area contributed by atoms with Crippen molar-refractivity contribution in [3.05, 3.63) is 106 Å². The summed E-state index contributed by atoms with van der Waals surface area (Å²) in [7, 11) is 0. The molecule has 0 amide bonds. The lowest BCUT2D eigenvalue weighted by Crippen LogP contribution is -2.13. The fourth-order valence-electron chi connectivity index (χ4n) is 3.56. The van der Waals surface area contributed by atoms with E-state index in [0.29, 0.717) is 39.2 Å². The molecule has 0 fully saturated rings. The standard InChI is InChI=1S/C26H16Cl2F3N3O/c27-19-7-1-16(2-8-19)15-35-21-11-5-17(6-12-21)22-13-24(26(29,30)31)34-25(32-22)14-23(33-34)18-3-9-20(28)10-4-18/h1-14H,15H2. The van der Waals surface area contributed by atoms with Crippen LogP contribution in [0.4, 0.5) is 13.2 Å². The van der Waals surface area contributed by atoms with Gasteiger partial charge in [0.05, 0.1) is 11.4 Å². The first kappa shape index (κ1) is 23.2. The van der Waals surface area contributed by atoms with Crippen molar-refractivity contribution in [2.24, 2.45) is 0 Å². The molecular weight excluding hydrogens is 498 g/mol. The second-order valence-corrected chi connectivity index (χ2v) is 8.64. The fraction of sp³-hybridized carbons (Fsp3) is 0.0769. The van der Waals surface area contributed by atoms with E-state index in [1.165, 1.54) is 6.07 Å². The normalized spacial score (nSPS) is 11.7. The Hall–Kier alpha value is -3.55. The number of hydrogen-bond acceptors (Lipinski definition) is 3. The van der Waals surface area contributed by atoms with Crippen LogP contribution in [-0.2, 0) is 12.8 Å². The molecule has 0 atom stereocenters. The van der Waals surface area contributed by atoms with Crippen LogP contribution in [0, 0.1) is 0 Å². The van der Waals surface area contributed by atoms with Gasteiger partial charge in [0.25, 0.3) is 0 Å². The SMILES string of the molecule is FC(F)(F)c1cc(-c2ccc(OCc3ccc(Cl)cc3)cc2)nc2cc(-c3ccc(Cl)cc3)nn12. The Morgan fingerprint density at radius 1 is 0.743 bits per heavy atom. The van der Waals surface area contributed by atoms with Gasteiger partial charge >= 0.3 is 6.18 Å². The van der Waals surface area contributed by atoms with E-state index >= 15 is 0 Å². The largest absolute Gasteiger partial charge is 0.489 e. The molecule has 0 N–H and O–H groups in total. The molecule has 0 aliphatic heterocycles. The highest BCUT2D eigenvalue weighted by Crippen LogP contribution is 2.34. The molecule has 2 aromatic heterocycles. The zero-order valence-electron chi connectivity index (χ0n) is 17.9. The van der Waals surface area contributed by atoms with Gasteiger partial charge in [-0.25, -0.2) is 9.50 Å². The fourth-order valence-corrected chi connectivity index (χ4v) is 3.81. The zero-order valence-corrected chi connectivity index (χ0v) is 19.4. The average Bonchev–Trinajstić information content (AvgIpc) is 3.27. The maximum atomic E-state index is 13.9. The van der Waals surface area contributed by atoms with Crippen LogP contribution >= 0.6 is 23.2 Å². The number of alkyl halides is 3. The van der Waals surface area contributed by atoms with E-state index in [0.717, 1.165) is 16.1 Å². The third-order valence-electron chi connectivity index (χ3n) is 5.33. The number of ether oxygens (including phenoxy) is 1. The molecule has 5 rings (SSSR count). The molecule has 2 heterocycles. The second kappa shape index (κ2) is 9.24. The van der Waals surface area contributed by atoms with Crippen molar-refractivity contribution in [2.75, 3.05) is 0 Å². The molecule has 0 radical (unpaired) electrons. The highest BCUT2D eigenvalue weighted by Gasteiger charge is 2.35. The summed E-state index contributed by atoms with van der Waals surface area (Å²) in [4.78, 5) is 4.44. The van der Waals surface area contributed by atoms with Crippen molar-refractivity contribution in [3.8, 4) is 28.3 Å². The van der Waals surface area contributed by atoms with Gasteiger partial charge in [0.15, 0.2) is 11.3 Å². The van der Waals surface area contributed by atoms with Crippen LogP contribution in [0.3, 0.4) is 0 Å². The number of hydrogen-bond donors (Lipinski definition) is 0. The summed E-state index contributed by atoms with van der Waals surface area (Å²) in [6, 6.07) is 23.2. The van der Waals surface area contributed by atoms with Crippen molar-refractivity contribution in [1.29, 1.82) is 0 Å². The third kappa shape index (κ3) is 5.11. The number of rotatable bonds is 5. The average molecular weight is 514 g/mol. The molecule has 0 aliphatic rings. The summed E-state index contributed by atoms with van der Waals surface area (Å²) >= 11 is 11.8. The minimum atomic E-state index is -4.62. The summed E-state index contributed by atoms with van der Waals surface area (Å²) in [6.07, 6.45) is -4.62. The lowest BCUT2D eigenvalue weighted by molar-refractivity contribution is -0.142. The minimum Gasteiger partial charge on any atom is -0.489 e. The van der Waals surface area contributed by atoms with E-state index in [1.54, 1.807) is 60.7 Å². The molecule has 3 aromatic carbocycles. The van der Waals surface area contributed by atoms with E-state index < -0.39 is 11.9 Å². The number of aromatic nitrogens is 3. The van der Waals surface area contributed by atoms with Gasteiger partial charge in [-0.3, -0.25) is 0 Å². The minimum absolute atomic E-state index is 0.0860. The molecular formula is C26H16Cl2F3N3O. The second-order valence-electron chi connectivity index (χ2n) is 7.77. The zero-order chi connectivity index (χ0) is 24.6. The topological polar surface area (TPSA) is 39.4 Å². The number of benzene rings is 3. The van der Waals surface area contributed by atoms with E-state index in [1.807, 2.05) is 12.1 Å². The molecule has 0 aliphatic carbocycles. The highest BCUT2D eigenvalue weighted by molar-refractivity contribution is 6.30. The van der Waals surface area contributed by atoms with Crippen molar-refractivity contribution in [3.63, 3.8) is 0 Å². The van der Waals surface area contributed by atoms with Crippen LogP contribution < -0.4 is 4.74 Å². The Kier molecular flexibility index (Phi) is 6.13. The summed E-state index contributed by atoms with van der Waals surface area (Å²) in [5, 5.41) is 5.31. The lowest BCUT2D eigenvalue weighted by atomic mass is 10.1. The Balaban J connectivity index is 1.46. The van der Waals surface area contributed by atoms with E-state index in [2.05, 4.69) is 10.1 Å². The van der Waals surface area contributed by atoms with Crippen molar-refractivity contribution in [1.82, 2.24) is 14.6 Å². The monoisotopic (exact) mass is 513 g/mol. The molecule has 0 saturated carbocycles. The van der Waals surface area contributed by atoms with Gasteiger partial charge in [0.2, 0.25) is 0 Å². The molecule has 0 saturated heterocycles. The highest BCUT2D eigenvalue weighted by atomic mass is 35.5. The van der Waals surface area contributed by atoms with Crippen LogP contribution in [-0.4, -0.2) is 14.6 Å². The maximum absolute atomic E-state index is 13.9. The number of halogens is 5. The first-order chi connectivity index (χ1) is 16.8. The summed E-state index contributed by atoms with van der Waals surface area (Å²) in [5.74, 6) is 0.579. The van der Waals surface area contributed by atoms with Gasteiger partial charge in [-0.15, -0.1) is 0 Å². The van der Waals surface area contributed by atoms with Crippen molar-refractivity contribution < 1.29 is 17.9 Å². The molecule has 0 bridgehead atoms. The van der Waals surface area contributed by atoms with E-state index in [-0.39, 0.29) is 11.3 Å². The summed E-state index contributed by atoms with van der Waals surface area (Å²) in [5.41, 5.74) is 1.81. The van der Waals surface area contributed by atoms with Gasteiger partial charge in [-0.05, 0) is 60.2 Å². The molecule has 176 valence electrons. The van der Waals surface area contributed by atoms with Crippen LogP contribution in [0.2, 0.25) is 10.0 Å². The van der Waals surface area contributed by atoms with Gasteiger partial charge in [0, 0.05) is 27.2 Å². The quantitative estimate of drug-likeness (QED) is 0.239. The van der Waals surface area contributed by atoms with Gasteiger partial charge < -0.3 is 4.74 Å². The molecule has 5 aromatic rings. The molecule has 0 spiro atoms. The third-order valence-corrected chi connectivity index (χ3v) is 5.83. The summed E-state index contributed by atoms with van der Waals surface area (Å²) in [6.45, 7) is 0.336. The number of nitrogens with zero attached hydrogens (tertiary/aromatic N) is 3. The maximum Gasteiger partial charge on any atom is 0.433 e. The molecule has 35 heavy (non-hydrogen) atoms. The van der Waals surface area contributed by atoms with E-state index in [4.69, 9.17) is 27.9 Å². The van der Waals surface area contributed by atoms with Crippen LogP contribution in [0.25, 0.3) is 28.2 Å². The van der Waals surface area contributed by atoms with Gasteiger partial charge in [-0.2, -0.15) is 18.3 Å². The predicted molar refractivity (Wildman–Crippen MR) is 130 cm³/mol. The van der Waals surface area contributed by atoms with Gasteiger partial charge in [-0.1, -0.05) is 47.5 Å². The molecule has 0 unspecified atom stereocenters. The predicted octanol–water partition coefficient (Wildman–Crippen LogP) is 7.97. The lowest BCUT2D eigenvalue weighted by Gasteiger charge is -2.11. The number of fused-ring (bicyclic) bond motifs is 1. The van der Waals surface area contributed by atoms with Gasteiger partial charge in [0.1, 0.15) is 12.4 Å². The molecule has 9 heteroatoms. The van der Waals surface area contributed by atoms with Crippen molar-refractivity contribution in [2.45, 2.75) is 12.8 Å². The summed E-state index contributed by atoms with van der Waals surface area (Å²) < 4.78 is 48.3.